The van der Waals surface area contributed by atoms with Crippen LogP contribution in [-0.4, -0.2) is 22.2 Å². The van der Waals surface area contributed by atoms with Gasteiger partial charge < -0.3 is 10.2 Å². The Morgan fingerprint density at radius 3 is 1.21 bits per heavy atom. The Balaban J connectivity index is 4.55. The highest BCUT2D eigenvalue weighted by molar-refractivity contribution is 5.98. The normalized spacial score (nSPS) is 12.6. The molecule has 0 aliphatic rings. The van der Waals surface area contributed by atoms with Gasteiger partial charge in [0.25, 0.3) is 0 Å². The van der Waals surface area contributed by atoms with Crippen molar-refractivity contribution in [2.45, 2.75) is 91.9 Å². The van der Waals surface area contributed by atoms with E-state index in [1.165, 1.54) is 0 Å². The number of carboxylic acids is 2. The molecule has 0 atom stereocenters. The number of carboxylic acid groups (broad SMARTS) is 2. The number of hydrogen-bond acceptors (Lipinski definition) is 2. The van der Waals surface area contributed by atoms with Crippen molar-refractivity contribution in [3.8, 4) is 0 Å². The maximum atomic E-state index is 11.5. The Hall–Kier alpha value is -1.32. The molecule has 0 heterocycles. The summed E-state index contributed by atoms with van der Waals surface area (Å²) in [7, 11) is 0. The number of unbranched alkanes of at least 4 members (excludes halogenated alkanes) is 4. The molecule has 2 N–H and O–H groups in total. The summed E-state index contributed by atoms with van der Waals surface area (Å²) in [6.45, 7) is 8.68. The Morgan fingerprint density at radius 1 is 0.625 bits per heavy atom. The summed E-state index contributed by atoms with van der Waals surface area (Å²) < 4.78 is 0. The average molecular weight is 341 g/mol. The van der Waals surface area contributed by atoms with Gasteiger partial charge in [-0.2, -0.15) is 0 Å². The van der Waals surface area contributed by atoms with E-state index in [9.17, 15) is 19.8 Å². The molecule has 0 aromatic carbocycles. The molecule has 0 rings (SSSR count). The predicted octanol–water partition coefficient (Wildman–Crippen LogP) is 5.67. The Labute approximate surface area is 147 Å². The van der Waals surface area contributed by atoms with Gasteiger partial charge >= 0.3 is 11.9 Å². The zero-order valence-electron chi connectivity index (χ0n) is 15.9. The second-order valence-corrected chi connectivity index (χ2v) is 7.55. The molecule has 0 aliphatic carbocycles. The van der Waals surface area contributed by atoms with Crippen LogP contribution in [0.3, 0.4) is 0 Å². The monoisotopic (exact) mass is 340 g/mol. The molecule has 0 unspecified atom stereocenters. The summed E-state index contributed by atoms with van der Waals surface area (Å²) in [5.41, 5.74) is 0.215. The van der Waals surface area contributed by atoms with Crippen LogP contribution in [0.2, 0.25) is 0 Å². The van der Waals surface area contributed by atoms with E-state index in [1.54, 1.807) is 0 Å². The molecule has 0 spiro atoms. The van der Waals surface area contributed by atoms with E-state index < -0.39 is 11.9 Å². The molecule has 0 amide bonds. The van der Waals surface area contributed by atoms with Gasteiger partial charge in [0.2, 0.25) is 0 Å². The second-order valence-electron chi connectivity index (χ2n) is 7.55. The van der Waals surface area contributed by atoms with Crippen molar-refractivity contribution in [3.05, 3.63) is 11.1 Å². The van der Waals surface area contributed by atoms with Crippen molar-refractivity contribution < 1.29 is 19.8 Å². The van der Waals surface area contributed by atoms with Gasteiger partial charge in [0.1, 0.15) is 0 Å². The summed E-state index contributed by atoms with van der Waals surface area (Å²) in [6, 6.07) is 0. The third-order valence-corrected chi connectivity index (χ3v) is 4.30. The lowest BCUT2D eigenvalue weighted by Gasteiger charge is -2.10. The van der Waals surface area contributed by atoms with E-state index >= 15 is 0 Å². The van der Waals surface area contributed by atoms with Crippen LogP contribution < -0.4 is 0 Å². The molecule has 0 bridgehead atoms. The van der Waals surface area contributed by atoms with Gasteiger partial charge in [0, 0.05) is 11.1 Å². The Kier molecular flexibility index (Phi) is 12.3. The molecule has 0 saturated heterocycles. The highest BCUT2D eigenvalue weighted by Crippen LogP contribution is 2.21. The van der Waals surface area contributed by atoms with Crippen LogP contribution in [-0.2, 0) is 9.59 Å². The van der Waals surface area contributed by atoms with Gasteiger partial charge in [-0.15, -0.1) is 0 Å². The van der Waals surface area contributed by atoms with Crippen LogP contribution in [0.5, 0.6) is 0 Å². The lowest BCUT2D eigenvalue weighted by molar-refractivity contribution is -0.136. The van der Waals surface area contributed by atoms with Crippen molar-refractivity contribution in [3.63, 3.8) is 0 Å². The largest absolute Gasteiger partial charge is 0.478 e. The van der Waals surface area contributed by atoms with Gasteiger partial charge in [0.15, 0.2) is 0 Å². The lowest BCUT2D eigenvalue weighted by Crippen LogP contribution is -2.12. The van der Waals surface area contributed by atoms with Gasteiger partial charge in [-0.1, -0.05) is 66.2 Å². The zero-order chi connectivity index (χ0) is 18.5. The maximum Gasteiger partial charge on any atom is 0.332 e. The topological polar surface area (TPSA) is 74.6 Å². The van der Waals surface area contributed by atoms with Crippen molar-refractivity contribution in [2.75, 3.05) is 0 Å². The van der Waals surface area contributed by atoms with Gasteiger partial charge in [-0.3, -0.25) is 0 Å². The molecule has 0 radical (unpaired) electrons. The molecule has 0 aromatic rings. The summed E-state index contributed by atoms with van der Waals surface area (Å²) >= 11 is 0. The number of rotatable bonds is 14. The molecule has 0 aromatic heterocycles. The number of carbonyl (C=O) groups is 2. The highest BCUT2D eigenvalue weighted by Gasteiger charge is 2.19. The molecule has 0 fully saturated rings. The van der Waals surface area contributed by atoms with Crippen molar-refractivity contribution >= 4 is 11.9 Å². The SMILES string of the molecule is CC(C)CCCCC/C(C(=O)O)=C(/CCCCCC(C)C)C(=O)O. The van der Waals surface area contributed by atoms with E-state index in [2.05, 4.69) is 27.7 Å². The van der Waals surface area contributed by atoms with Gasteiger partial charge in [-0.25, -0.2) is 9.59 Å². The smallest absolute Gasteiger partial charge is 0.332 e. The summed E-state index contributed by atoms with van der Waals surface area (Å²) in [5, 5.41) is 18.8. The Bertz CT molecular complexity index is 370. The van der Waals surface area contributed by atoms with Gasteiger partial charge in [-0.05, 0) is 37.5 Å². The third kappa shape index (κ3) is 11.3. The molecule has 24 heavy (non-hydrogen) atoms. The first-order valence-electron chi connectivity index (χ1n) is 9.44. The van der Waals surface area contributed by atoms with Crippen LogP contribution >= 0.6 is 0 Å². The zero-order valence-corrected chi connectivity index (χ0v) is 15.9. The molecule has 0 aliphatic heterocycles. The van der Waals surface area contributed by atoms with Crippen LogP contribution in [0.15, 0.2) is 11.1 Å². The molecule has 140 valence electrons. The lowest BCUT2D eigenvalue weighted by atomic mass is 9.95. The minimum Gasteiger partial charge on any atom is -0.478 e. The summed E-state index contributed by atoms with van der Waals surface area (Å²) in [5.74, 6) is -0.836. The van der Waals surface area contributed by atoms with E-state index in [0.717, 1.165) is 51.4 Å². The maximum absolute atomic E-state index is 11.5. The minimum atomic E-state index is -1.07. The van der Waals surface area contributed by atoms with Crippen molar-refractivity contribution in [2.24, 2.45) is 11.8 Å². The molecule has 0 saturated carbocycles. The quantitative estimate of drug-likeness (QED) is 0.316. The molecular formula is C20H36O4. The summed E-state index contributed by atoms with van der Waals surface area (Å²) in [6.07, 6.45) is 8.54. The van der Waals surface area contributed by atoms with Gasteiger partial charge in [0.05, 0.1) is 0 Å². The van der Waals surface area contributed by atoms with Crippen molar-refractivity contribution in [1.29, 1.82) is 0 Å². The fourth-order valence-electron chi connectivity index (χ4n) is 2.84. The average Bonchev–Trinajstić information content (AvgIpc) is 2.46. The number of hydrogen-bond donors (Lipinski definition) is 2. The number of aliphatic carboxylic acids is 2. The first kappa shape index (κ1) is 22.7. The van der Waals surface area contributed by atoms with Crippen molar-refractivity contribution in [1.82, 2.24) is 0 Å². The first-order chi connectivity index (χ1) is 11.3. The Morgan fingerprint density at radius 2 is 0.958 bits per heavy atom. The predicted molar refractivity (Wildman–Crippen MR) is 98.1 cm³/mol. The minimum absolute atomic E-state index is 0.107. The van der Waals surface area contributed by atoms with Crippen LogP contribution in [0, 0.1) is 11.8 Å². The molecular weight excluding hydrogens is 304 g/mol. The van der Waals surface area contributed by atoms with E-state index in [1.807, 2.05) is 0 Å². The molecule has 4 nitrogen and oxygen atoms in total. The van der Waals surface area contributed by atoms with E-state index in [0.29, 0.717) is 24.7 Å². The van der Waals surface area contributed by atoms with Crippen LogP contribution in [0.25, 0.3) is 0 Å². The van der Waals surface area contributed by atoms with Crippen LogP contribution in [0.1, 0.15) is 91.9 Å². The second kappa shape index (κ2) is 13.0. The fraction of sp³-hybridized carbons (Fsp3) is 0.800. The van der Waals surface area contributed by atoms with E-state index in [-0.39, 0.29) is 11.1 Å². The molecule has 4 heteroatoms. The highest BCUT2D eigenvalue weighted by atomic mass is 16.4. The third-order valence-electron chi connectivity index (χ3n) is 4.30. The van der Waals surface area contributed by atoms with E-state index in [4.69, 9.17) is 0 Å². The first-order valence-corrected chi connectivity index (χ1v) is 9.44. The summed E-state index contributed by atoms with van der Waals surface area (Å²) in [4.78, 5) is 22.9. The fourth-order valence-corrected chi connectivity index (χ4v) is 2.84. The van der Waals surface area contributed by atoms with Crippen LogP contribution in [0.4, 0.5) is 0 Å². The standard InChI is InChI=1S/C20H36O4/c1-15(2)11-7-5-9-13-17(19(21)22)18(20(23)24)14-10-6-8-12-16(3)4/h15-16H,5-14H2,1-4H3,(H,21,22)(H,23,24)/b18-17+.